The summed E-state index contributed by atoms with van der Waals surface area (Å²) >= 11 is 0. The SMILES string of the molecule is CCCC[C@H](C)C[C@H](C)CCC[C@@H](C)[C@H](C)O. The van der Waals surface area contributed by atoms with Crippen molar-refractivity contribution >= 4 is 0 Å². The zero-order chi connectivity index (χ0) is 13.3. The first-order chi connectivity index (χ1) is 7.97. The first-order valence-electron chi connectivity index (χ1n) is 7.65. The second-order valence-corrected chi connectivity index (χ2v) is 6.24. The lowest BCUT2D eigenvalue weighted by Gasteiger charge is -2.19. The van der Waals surface area contributed by atoms with Crippen LogP contribution in [-0.4, -0.2) is 11.2 Å². The molecule has 0 radical (unpaired) electrons. The maximum atomic E-state index is 9.43. The Morgan fingerprint density at radius 2 is 1.35 bits per heavy atom. The van der Waals surface area contributed by atoms with Crippen molar-refractivity contribution in [2.75, 3.05) is 0 Å². The molecular weight excluding hydrogens is 208 g/mol. The third kappa shape index (κ3) is 9.64. The van der Waals surface area contributed by atoms with Gasteiger partial charge < -0.3 is 5.11 Å². The van der Waals surface area contributed by atoms with Gasteiger partial charge in [-0.15, -0.1) is 0 Å². The summed E-state index contributed by atoms with van der Waals surface area (Å²) in [6.07, 6.45) is 9.10. The molecule has 104 valence electrons. The molecule has 0 unspecified atom stereocenters. The minimum absolute atomic E-state index is 0.145. The van der Waals surface area contributed by atoms with Crippen LogP contribution in [0.5, 0.6) is 0 Å². The molecule has 0 saturated carbocycles. The molecule has 4 atom stereocenters. The van der Waals surface area contributed by atoms with Gasteiger partial charge in [-0.3, -0.25) is 0 Å². The van der Waals surface area contributed by atoms with Crippen LogP contribution >= 0.6 is 0 Å². The fourth-order valence-corrected chi connectivity index (χ4v) is 2.50. The molecule has 1 heteroatoms. The molecule has 0 aromatic heterocycles. The van der Waals surface area contributed by atoms with E-state index in [-0.39, 0.29) is 6.10 Å². The zero-order valence-electron chi connectivity index (χ0n) is 12.7. The van der Waals surface area contributed by atoms with Crippen molar-refractivity contribution in [1.82, 2.24) is 0 Å². The minimum Gasteiger partial charge on any atom is -0.393 e. The summed E-state index contributed by atoms with van der Waals surface area (Å²) in [5.41, 5.74) is 0. The van der Waals surface area contributed by atoms with Gasteiger partial charge in [-0.1, -0.05) is 59.8 Å². The Hall–Kier alpha value is -0.0400. The summed E-state index contributed by atoms with van der Waals surface area (Å²) in [5, 5.41) is 9.43. The fraction of sp³-hybridized carbons (Fsp3) is 1.00. The monoisotopic (exact) mass is 242 g/mol. The number of hydrogen-bond donors (Lipinski definition) is 1. The molecule has 0 aliphatic heterocycles. The highest BCUT2D eigenvalue weighted by atomic mass is 16.3. The normalized spacial score (nSPS) is 18.7. The second kappa shape index (κ2) is 9.94. The molecule has 0 aromatic carbocycles. The van der Waals surface area contributed by atoms with E-state index in [0.29, 0.717) is 5.92 Å². The van der Waals surface area contributed by atoms with E-state index in [1.807, 2.05) is 6.92 Å². The van der Waals surface area contributed by atoms with E-state index >= 15 is 0 Å². The first-order valence-corrected chi connectivity index (χ1v) is 7.65. The van der Waals surface area contributed by atoms with Gasteiger partial charge >= 0.3 is 0 Å². The van der Waals surface area contributed by atoms with E-state index < -0.39 is 0 Å². The molecule has 0 bridgehead atoms. The summed E-state index contributed by atoms with van der Waals surface area (Å²) in [6.45, 7) is 11.1. The Kier molecular flexibility index (Phi) is 9.91. The molecule has 0 fully saturated rings. The molecular formula is C16H34O. The van der Waals surface area contributed by atoms with Gasteiger partial charge in [0, 0.05) is 0 Å². The lowest BCUT2D eigenvalue weighted by molar-refractivity contribution is 0.127. The molecule has 0 rings (SSSR count). The van der Waals surface area contributed by atoms with E-state index in [1.54, 1.807) is 0 Å². The third-order valence-electron chi connectivity index (χ3n) is 4.04. The number of hydrogen-bond acceptors (Lipinski definition) is 1. The molecule has 0 aromatic rings. The highest BCUT2D eigenvalue weighted by Crippen LogP contribution is 2.23. The van der Waals surface area contributed by atoms with Crippen LogP contribution < -0.4 is 0 Å². The first kappa shape index (κ1) is 17.0. The molecule has 0 aliphatic carbocycles. The molecule has 0 saturated heterocycles. The topological polar surface area (TPSA) is 20.2 Å². The molecule has 0 aliphatic rings. The highest BCUT2D eigenvalue weighted by molar-refractivity contribution is 4.63. The third-order valence-corrected chi connectivity index (χ3v) is 4.04. The van der Waals surface area contributed by atoms with Gasteiger partial charge in [-0.05, 0) is 37.5 Å². The molecule has 17 heavy (non-hydrogen) atoms. The van der Waals surface area contributed by atoms with Crippen LogP contribution in [-0.2, 0) is 0 Å². The van der Waals surface area contributed by atoms with Gasteiger partial charge in [0.15, 0.2) is 0 Å². The van der Waals surface area contributed by atoms with Crippen LogP contribution in [0.25, 0.3) is 0 Å². The van der Waals surface area contributed by atoms with Crippen molar-refractivity contribution < 1.29 is 5.11 Å². The maximum Gasteiger partial charge on any atom is 0.0537 e. The van der Waals surface area contributed by atoms with Crippen LogP contribution in [0.1, 0.15) is 79.6 Å². The molecule has 0 heterocycles. The molecule has 0 amide bonds. The van der Waals surface area contributed by atoms with Crippen molar-refractivity contribution in [1.29, 1.82) is 0 Å². The average Bonchev–Trinajstić information content (AvgIpc) is 2.25. The van der Waals surface area contributed by atoms with Gasteiger partial charge in [0.1, 0.15) is 0 Å². The van der Waals surface area contributed by atoms with Crippen LogP contribution in [0.4, 0.5) is 0 Å². The van der Waals surface area contributed by atoms with E-state index in [4.69, 9.17) is 0 Å². The number of rotatable bonds is 10. The highest BCUT2D eigenvalue weighted by Gasteiger charge is 2.11. The second-order valence-electron chi connectivity index (χ2n) is 6.24. The van der Waals surface area contributed by atoms with Crippen LogP contribution in [0, 0.1) is 17.8 Å². The number of aliphatic hydroxyl groups is 1. The van der Waals surface area contributed by atoms with Crippen molar-refractivity contribution in [3.05, 3.63) is 0 Å². The summed E-state index contributed by atoms with van der Waals surface area (Å²) < 4.78 is 0. The van der Waals surface area contributed by atoms with E-state index in [9.17, 15) is 5.11 Å². The minimum atomic E-state index is -0.145. The predicted molar refractivity (Wildman–Crippen MR) is 77.2 cm³/mol. The smallest absolute Gasteiger partial charge is 0.0537 e. The zero-order valence-corrected chi connectivity index (χ0v) is 12.7. The van der Waals surface area contributed by atoms with Gasteiger partial charge in [-0.2, -0.15) is 0 Å². The van der Waals surface area contributed by atoms with Crippen molar-refractivity contribution in [2.45, 2.75) is 85.7 Å². The summed E-state index contributed by atoms with van der Waals surface area (Å²) in [7, 11) is 0. The molecule has 1 nitrogen and oxygen atoms in total. The van der Waals surface area contributed by atoms with Crippen molar-refractivity contribution in [2.24, 2.45) is 17.8 Å². The Bertz CT molecular complexity index is 165. The largest absolute Gasteiger partial charge is 0.393 e. The quantitative estimate of drug-likeness (QED) is 0.570. The summed E-state index contributed by atoms with van der Waals surface area (Å²) in [5.74, 6) is 2.20. The molecule has 0 spiro atoms. The lowest BCUT2D eigenvalue weighted by atomic mass is 9.88. The Morgan fingerprint density at radius 3 is 1.82 bits per heavy atom. The Morgan fingerprint density at radius 1 is 0.824 bits per heavy atom. The average molecular weight is 242 g/mol. The van der Waals surface area contributed by atoms with E-state index in [0.717, 1.165) is 11.8 Å². The van der Waals surface area contributed by atoms with E-state index in [1.165, 1.54) is 44.9 Å². The van der Waals surface area contributed by atoms with Crippen molar-refractivity contribution in [3.63, 3.8) is 0 Å². The van der Waals surface area contributed by atoms with Crippen molar-refractivity contribution in [3.8, 4) is 0 Å². The van der Waals surface area contributed by atoms with Gasteiger partial charge in [0.05, 0.1) is 6.10 Å². The predicted octanol–water partition coefficient (Wildman–Crippen LogP) is 5.03. The summed E-state index contributed by atoms with van der Waals surface area (Å²) in [4.78, 5) is 0. The Labute approximate surface area is 109 Å². The standard InChI is InChI=1S/C16H34O/c1-6-7-9-13(2)12-14(3)10-8-11-15(4)16(5)17/h13-17H,6-12H2,1-5H3/t13-,14+,15+,16-/m0/s1. The fourth-order valence-electron chi connectivity index (χ4n) is 2.50. The molecule has 1 N–H and O–H groups in total. The number of unbranched alkanes of at least 4 members (excludes halogenated alkanes) is 1. The lowest BCUT2D eigenvalue weighted by Crippen LogP contribution is -2.13. The van der Waals surface area contributed by atoms with Gasteiger partial charge in [-0.25, -0.2) is 0 Å². The van der Waals surface area contributed by atoms with Crippen LogP contribution in [0.15, 0.2) is 0 Å². The van der Waals surface area contributed by atoms with Crippen LogP contribution in [0.2, 0.25) is 0 Å². The van der Waals surface area contributed by atoms with Gasteiger partial charge in [0.25, 0.3) is 0 Å². The maximum absolute atomic E-state index is 9.43. The van der Waals surface area contributed by atoms with Gasteiger partial charge in [0.2, 0.25) is 0 Å². The van der Waals surface area contributed by atoms with E-state index in [2.05, 4.69) is 27.7 Å². The summed E-state index contributed by atoms with van der Waals surface area (Å²) in [6, 6.07) is 0. The number of aliphatic hydroxyl groups excluding tert-OH is 1. The Balaban J connectivity index is 3.55. The van der Waals surface area contributed by atoms with Crippen LogP contribution in [0.3, 0.4) is 0 Å².